The van der Waals surface area contributed by atoms with Gasteiger partial charge in [0.15, 0.2) is 5.92 Å². The van der Waals surface area contributed by atoms with Crippen molar-refractivity contribution in [2.75, 3.05) is 19.8 Å². The second-order valence-corrected chi connectivity index (χ2v) is 6.00. The van der Waals surface area contributed by atoms with Gasteiger partial charge in [-0.1, -0.05) is 30.9 Å². The van der Waals surface area contributed by atoms with Crippen LogP contribution in [0.2, 0.25) is 5.02 Å². The van der Waals surface area contributed by atoms with Gasteiger partial charge in [-0.15, -0.1) is 0 Å². The molecule has 0 aliphatic rings. The molecule has 0 atom stereocenters. The second kappa shape index (κ2) is 12.6. The Morgan fingerprint density at radius 3 is 2.04 bits per heavy atom. The SMILES string of the molecule is CCOC(=O)C(CCCCCCOc1ccc(Cl)cc1)C(=O)OCC. The van der Waals surface area contributed by atoms with Crippen LogP contribution in [0.4, 0.5) is 0 Å². The summed E-state index contributed by atoms with van der Waals surface area (Å²) in [6.45, 7) is 4.59. The number of unbranched alkanes of at least 4 members (excludes halogenated alkanes) is 3. The Bertz CT molecular complexity index is 497. The van der Waals surface area contributed by atoms with Crippen LogP contribution >= 0.6 is 11.6 Å². The van der Waals surface area contributed by atoms with E-state index in [-0.39, 0.29) is 13.2 Å². The van der Waals surface area contributed by atoms with E-state index >= 15 is 0 Å². The van der Waals surface area contributed by atoms with Gasteiger partial charge in [0.05, 0.1) is 19.8 Å². The molecule has 0 aromatic heterocycles. The number of carbonyl (C=O) groups is 2. The van der Waals surface area contributed by atoms with Crippen LogP contribution in [-0.4, -0.2) is 31.8 Å². The van der Waals surface area contributed by atoms with Crippen LogP contribution in [0, 0.1) is 5.92 Å². The van der Waals surface area contributed by atoms with Crippen molar-refractivity contribution in [2.24, 2.45) is 5.92 Å². The van der Waals surface area contributed by atoms with E-state index < -0.39 is 17.9 Å². The number of esters is 2. The summed E-state index contributed by atoms with van der Waals surface area (Å²) in [5.41, 5.74) is 0. The normalized spacial score (nSPS) is 10.6. The molecule has 0 fully saturated rings. The van der Waals surface area contributed by atoms with Gasteiger partial charge < -0.3 is 14.2 Å². The van der Waals surface area contributed by atoms with Crippen LogP contribution in [0.5, 0.6) is 5.75 Å². The summed E-state index contributed by atoms with van der Waals surface area (Å²) in [7, 11) is 0. The Kier molecular flexibility index (Phi) is 10.7. The summed E-state index contributed by atoms with van der Waals surface area (Å²) >= 11 is 5.82. The maximum atomic E-state index is 11.9. The molecule has 6 heteroatoms. The Morgan fingerprint density at radius 1 is 0.920 bits per heavy atom. The number of halogens is 1. The highest BCUT2D eigenvalue weighted by Gasteiger charge is 2.28. The molecule has 0 aliphatic heterocycles. The standard InChI is InChI=1S/C19H27ClO5/c1-3-23-18(21)17(19(22)24-4-2)9-7-5-6-8-14-25-16-12-10-15(20)11-13-16/h10-13,17H,3-9,14H2,1-2H3. The Labute approximate surface area is 154 Å². The van der Waals surface area contributed by atoms with Gasteiger partial charge in [0, 0.05) is 5.02 Å². The first kappa shape index (κ1) is 21.3. The predicted molar refractivity (Wildman–Crippen MR) is 96.8 cm³/mol. The third kappa shape index (κ3) is 8.77. The van der Waals surface area contributed by atoms with Gasteiger partial charge in [-0.2, -0.15) is 0 Å². The second-order valence-electron chi connectivity index (χ2n) is 5.56. The summed E-state index contributed by atoms with van der Waals surface area (Å²) in [4.78, 5) is 23.7. The summed E-state index contributed by atoms with van der Waals surface area (Å²) in [6.07, 6.45) is 4.01. The van der Waals surface area contributed by atoms with E-state index in [0.29, 0.717) is 18.1 Å². The third-order valence-electron chi connectivity index (χ3n) is 3.61. The zero-order valence-corrected chi connectivity index (χ0v) is 15.7. The van der Waals surface area contributed by atoms with E-state index in [9.17, 15) is 9.59 Å². The molecule has 0 aliphatic carbocycles. The first-order valence-electron chi connectivity index (χ1n) is 8.80. The molecule has 1 aromatic carbocycles. The summed E-state index contributed by atoms with van der Waals surface area (Å²) in [5.74, 6) is -1.00. The molecular formula is C19H27ClO5. The monoisotopic (exact) mass is 370 g/mol. The number of ether oxygens (including phenoxy) is 3. The lowest BCUT2D eigenvalue weighted by Crippen LogP contribution is -2.28. The number of carbonyl (C=O) groups excluding carboxylic acids is 2. The fourth-order valence-corrected chi connectivity index (χ4v) is 2.47. The quantitative estimate of drug-likeness (QED) is 0.310. The Hall–Kier alpha value is -1.75. The van der Waals surface area contributed by atoms with Gasteiger partial charge in [0.2, 0.25) is 0 Å². The van der Waals surface area contributed by atoms with E-state index in [2.05, 4.69) is 0 Å². The van der Waals surface area contributed by atoms with Crippen molar-refractivity contribution in [1.82, 2.24) is 0 Å². The molecule has 0 N–H and O–H groups in total. The molecule has 25 heavy (non-hydrogen) atoms. The topological polar surface area (TPSA) is 61.8 Å². The molecule has 5 nitrogen and oxygen atoms in total. The highest BCUT2D eigenvalue weighted by Crippen LogP contribution is 2.17. The van der Waals surface area contributed by atoms with Crippen LogP contribution in [0.3, 0.4) is 0 Å². The van der Waals surface area contributed by atoms with Crippen molar-refractivity contribution in [1.29, 1.82) is 0 Å². The van der Waals surface area contributed by atoms with Crippen molar-refractivity contribution in [3.8, 4) is 5.75 Å². The number of hydrogen-bond acceptors (Lipinski definition) is 5. The van der Waals surface area contributed by atoms with Crippen LogP contribution in [0.15, 0.2) is 24.3 Å². The van der Waals surface area contributed by atoms with Gasteiger partial charge in [0.25, 0.3) is 0 Å². The summed E-state index contributed by atoms with van der Waals surface area (Å²) in [5, 5.41) is 0.685. The zero-order valence-electron chi connectivity index (χ0n) is 15.0. The average molecular weight is 371 g/mol. The van der Waals surface area contributed by atoms with Crippen molar-refractivity contribution >= 4 is 23.5 Å². The van der Waals surface area contributed by atoms with E-state index in [1.165, 1.54) is 0 Å². The number of rotatable bonds is 12. The molecule has 0 saturated heterocycles. The third-order valence-corrected chi connectivity index (χ3v) is 3.86. The molecule has 0 amide bonds. The molecule has 1 aromatic rings. The Morgan fingerprint density at radius 2 is 1.48 bits per heavy atom. The molecule has 140 valence electrons. The summed E-state index contributed by atoms with van der Waals surface area (Å²) < 4.78 is 15.5. The molecular weight excluding hydrogens is 344 g/mol. The molecule has 0 heterocycles. The first-order valence-corrected chi connectivity index (χ1v) is 9.17. The molecule has 0 bridgehead atoms. The minimum absolute atomic E-state index is 0.261. The first-order chi connectivity index (χ1) is 12.1. The lowest BCUT2D eigenvalue weighted by molar-refractivity contribution is -0.161. The van der Waals surface area contributed by atoms with E-state index in [1.54, 1.807) is 26.0 Å². The van der Waals surface area contributed by atoms with Crippen LogP contribution in [0.25, 0.3) is 0 Å². The predicted octanol–water partition coefficient (Wildman–Crippen LogP) is 4.41. The highest BCUT2D eigenvalue weighted by molar-refractivity contribution is 6.30. The fourth-order valence-electron chi connectivity index (χ4n) is 2.34. The van der Waals surface area contributed by atoms with Gasteiger partial charge in [0.1, 0.15) is 5.75 Å². The minimum atomic E-state index is -0.815. The largest absolute Gasteiger partial charge is 0.494 e. The van der Waals surface area contributed by atoms with Crippen molar-refractivity contribution < 1.29 is 23.8 Å². The van der Waals surface area contributed by atoms with E-state index in [1.807, 2.05) is 12.1 Å². The lowest BCUT2D eigenvalue weighted by atomic mass is 10.0. The van der Waals surface area contributed by atoms with Gasteiger partial charge in [-0.05, 0) is 51.0 Å². The van der Waals surface area contributed by atoms with E-state index in [0.717, 1.165) is 31.4 Å². The molecule has 1 rings (SSSR count). The maximum absolute atomic E-state index is 11.9. The smallest absolute Gasteiger partial charge is 0.320 e. The lowest BCUT2D eigenvalue weighted by Gasteiger charge is -2.14. The van der Waals surface area contributed by atoms with Gasteiger partial charge in [-0.3, -0.25) is 9.59 Å². The molecule has 0 spiro atoms. The Balaban J connectivity index is 2.21. The van der Waals surface area contributed by atoms with Crippen molar-refractivity contribution in [3.05, 3.63) is 29.3 Å². The molecule has 0 saturated carbocycles. The zero-order chi connectivity index (χ0) is 18.5. The average Bonchev–Trinajstić information content (AvgIpc) is 2.59. The summed E-state index contributed by atoms with van der Waals surface area (Å²) in [6, 6.07) is 7.26. The van der Waals surface area contributed by atoms with Crippen LogP contribution in [0.1, 0.15) is 46.0 Å². The van der Waals surface area contributed by atoms with Crippen LogP contribution in [-0.2, 0) is 19.1 Å². The van der Waals surface area contributed by atoms with Gasteiger partial charge in [-0.25, -0.2) is 0 Å². The van der Waals surface area contributed by atoms with Gasteiger partial charge >= 0.3 is 11.9 Å². The minimum Gasteiger partial charge on any atom is -0.494 e. The van der Waals surface area contributed by atoms with Crippen molar-refractivity contribution in [3.63, 3.8) is 0 Å². The molecule has 0 radical (unpaired) electrons. The van der Waals surface area contributed by atoms with Crippen LogP contribution < -0.4 is 4.74 Å². The number of hydrogen-bond donors (Lipinski definition) is 0. The van der Waals surface area contributed by atoms with E-state index in [4.69, 9.17) is 25.8 Å². The highest BCUT2D eigenvalue weighted by atomic mass is 35.5. The van der Waals surface area contributed by atoms with Crippen molar-refractivity contribution in [2.45, 2.75) is 46.0 Å². The molecule has 0 unspecified atom stereocenters. The fraction of sp³-hybridized carbons (Fsp3) is 0.579. The number of benzene rings is 1. The maximum Gasteiger partial charge on any atom is 0.320 e.